The van der Waals surface area contributed by atoms with Crippen molar-refractivity contribution in [3.05, 3.63) is 42.0 Å². The summed E-state index contributed by atoms with van der Waals surface area (Å²) in [5.74, 6) is 1.28. The van der Waals surface area contributed by atoms with E-state index in [1.54, 1.807) is 31.3 Å². The lowest BCUT2D eigenvalue weighted by atomic mass is 9.96. The quantitative estimate of drug-likeness (QED) is 0.591. The third-order valence-corrected chi connectivity index (χ3v) is 3.19. The topological polar surface area (TPSA) is 33.6 Å². The molecule has 1 atom stereocenters. The van der Waals surface area contributed by atoms with Gasteiger partial charge >= 0.3 is 6.61 Å². The molecule has 1 aromatic carbocycles. The van der Waals surface area contributed by atoms with Crippen molar-refractivity contribution in [2.75, 3.05) is 7.05 Å². The number of aliphatic imine (C=N–C) groups is 1. The van der Waals surface area contributed by atoms with E-state index in [4.69, 9.17) is 0 Å². The standard InChI is InChI=1S/C17H24F2N2O/c1-5-6-7-15(20-4)21-16(12(2)3)13-8-10-14(11-9-13)22-17(18)19/h6-12,16-17H,5H2,1-4H3,(H,20,21)/b7-6-. The molecule has 122 valence electrons. The van der Waals surface area contributed by atoms with Crippen LogP contribution in [0.15, 0.2) is 41.4 Å². The predicted octanol–water partition coefficient (Wildman–Crippen LogP) is 4.57. The van der Waals surface area contributed by atoms with E-state index in [1.807, 2.05) is 12.2 Å². The molecule has 1 unspecified atom stereocenters. The Hall–Kier alpha value is -1.91. The summed E-state index contributed by atoms with van der Waals surface area (Å²) in [4.78, 5) is 4.23. The van der Waals surface area contributed by atoms with Crippen molar-refractivity contribution in [1.29, 1.82) is 0 Å². The Balaban J connectivity index is 2.89. The summed E-state index contributed by atoms with van der Waals surface area (Å²) in [6.45, 7) is 3.45. The molecule has 22 heavy (non-hydrogen) atoms. The van der Waals surface area contributed by atoms with Crippen LogP contribution in [0, 0.1) is 5.92 Å². The minimum Gasteiger partial charge on any atom is -0.435 e. The molecule has 0 radical (unpaired) electrons. The second kappa shape index (κ2) is 9.18. The summed E-state index contributed by atoms with van der Waals surface area (Å²) in [7, 11) is 1.74. The van der Waals surface area contributed by atoms with E-state index < -0.39 is 6.61 Å². The van der Waals surface area contributed by atoms with Crippen LogP contribution in [0.3, 0.4) is 0 Å². The highest BCUT2D eigenvalue weighted by Crippen LogP contribution is 2.24. The van der Waals surface area contributed by atoms with Gasteiger partial charge in [0.1, 0.15) is 11.6 Å². The Labute approximate surface area is 131 Å². The van der Waals surface area contributed by atoms with Gasteiger partial charge in [-0.1, -0.05) is 39.0 Å². The number of benzene rings is 1. The van der Waals surface area contributed by atoms with Crippen LogP contribution >= 0.6 is 0 Å². The zero-order valence-corrected chi connectivity index (χ0v) is 13.5. The molecule has 0 saturated carbocycles. The molecule has 0 amide bonds. The van der Waals surface area contributed by atoms with Crippen LogP contribution in [0.25, 0.3) is 0 Å². The number of amidine groups is 1. The van der Waals surface area contributed by atoms with E-state index in [0.29, 0.717) is 5.92 Å². The first-order valence-electron chi connectivity index (χ1n) is 7.42. The van der Waals surface area contributed by atoms with E-state index >= 15 is 0 Å². The van der Waals surface area contributed by atoms with Gasteiger partial charge in [0.05, 0.1) is 6.04 Å². The number of alkyl halides is 2. The first kappa shape index (κ1) is 18.1. The number of allylic oxidation sites excluding steroid dienone is 1. The molecule has 0 bridgehead atoms. The largest absolute Gasteiger partial charge is 0.435 e. The van der Waals surface area contributed by atoms with Gasteiger partial charge in [0.25, 0.3) is 0 Å². The molecule has 0 spiro atoms. The molecular weight excluding hydrogens is 286 g/mol. The van der Waals surface area contributed by atoms with Gasteiger partial charge < -0.3 is 10.1 Å². The molecule has 0 heterocycles. The Kier molecular flexibility index (Phi) is 7.57. The van der Waals surface area contributed by atoms with E-state index in [1.165, 1.54) is 0 Å². The summed E-state index contributed by atoms with van der Waals surface area (Å²) in [5.41, 5.74) is 1.00. The molecule has 1 rings (SSSR count). The van der Waals surface area contributed by atoms with Crippen molar-refractivity contribution in [3.63, 3.8) is 0 Å². The Morgan fingerprint density at radius 3 is 2.36 bits per heavy atom. The predicted molar refractivity (Wildman–Crippen MR) is 86.6 cm³/mol. The molecular formula is C17H24F2N2O. The van der Waals surface area contributed by atoms with Crippen LogP contribution in [0.2, 0.25) is 0 Å². The number of rotatable bonds is 7. The molecule has 0 saturated heterocycles. The molecule has 1 N–H and O–H groups in total. The van der Waals surface area contributed by atoms with Gasteiger partial charge in [0.2, 0.25) is 0 Å². The fourth-order valence-corrected chi connectivity index (χ4v) is 2.07. The molecule has 0 aromatic heterocycles. The van der Waals surface area contributed by atoms with Crippen molar-refractivity contribution in [2.45, 2.75) is 39.8 Å². The van der Waals surface area contributed by atoms with E-state index in [2.05, 4.69) is 35.8 Å². The number of hydrogen-bond acceptors (Lipinski definition) is 2. The molecule has 0 aliphatic carbocycles. The molecule has 1 aromatic rings. The Morgan fingerprint density at radius 1 is 1.27 bits per heavy atom. The van der Waals surface area contributed by atoms with Gasteiger partial charge in [-0.2, -0.15) is 8.78 Å². The smallest absolute Gasteiger partial charge is 0.387 e. The first-order chi connectivity index (χ1) is 10.5. The Bertz CT molecular complexity index is 496. The summed E-state index contributed by atoms with van der Waals surface area (Å²) in [6, 6.07) is 6.76. The maximum Gasteiger partial charge on any atom is 0.387 e. The maximum atomic E-state index is 12.2. The van der Waals surface area contributed by atoms with Gasteiger partial charge in [-0.15, -0.1) is 0 Å². The lowest BCUT2D eigenvalue weighted by Crippen LogP contribution is -2.30. The molecule has 3 nitrogen and oxygen atoms in total. The normalized spacial score (nSPS) is 13.9. The zero-order valence-electron chi connectivity index (χ0n) is 13.5. The fraction of sp³-hybridized carbons (Fsp3) is 0.471. The van der Waals surface area contributed by atoms with Crippen LogP contribution < -0.4 is 10.1 Å². The van der Waals surface area contributed by atoms with Crippen molar-refractivity contribution in [2.24, 2.45) is 10.9 Å². The van der Waals surface area contributed by atoms with Crippen LogP contribution in [-0.2, 0) is 0 Å². The minimum absolute atomic E-state index is 0.0424. The van der Waals surface area contributed by atoms with Crippen LogP contribution in [0.4, 0.5) is 8.78 Å². The molecule has 0 aliphatic heterocycles. The second-order valence-corrected chi connectivity index (χ2v) is 5.23. The number of halogens is 2. The van der Waals surface area contributed by atoms with Gasteiger partial charge in [-0.3, -0.25) is 4.99 Å². The van der Waals surface area contributed by atoms with Crippen molar-refractivity contribution in [3.8, 4) is 5.75 Å². The number of nitrogens with zero attached hydrogens (tertiary/aromatic N) is 1. The summed E-state index contributed by atoms with van der Waals surface area (Å²) >= 11 is 0. The van der Waals surface area contributed by atoms with Crippen LogP contribution in [0.1, 0.15) is 38.8 Å². The average Bonchev–Trinajstić information content (AvgIpc) is 2.48. The summed E-state index contributed by atoms with van der Waals surface area (Å²) < 4.78 is 28.7. The van der Waals surface area contributed by atoms with Crippen LogP contribution in [-0.4, -0.2) is 19.5 Å². The SMILES string of the molecule is CC/C=C\C(=NC)NC(c1ccc(OC(F)F)cc1)C(C)C. The number of ether oxygens (including phenoxy) is 1. The van der Waals surface area contributed by atoms with Gasteiger partial charge in [0.15, 0.2) is 0 Å². The zero-order chi connectivity index (χ0) is 16.5. The van der Waals surface area contributed by atoms with E-state index in [0.717, 1.165) is 17.8 Å². The van der Waals surface area contributed by atoms with Crippen LogP contribution in [0.5, 0.6) is 5.75 Å². The summed E-state index contributed by atoms with van der Waals surface area (Å²) in [5, 5.41) is 3.39. The highest BCUT2D eigenvalue weighted by atomic mass is 19.3. The highest BCUT2D eigenvalue weighted by molar-refractivity contribution is 5.93. The molecule has 5 heteroatoms. The van der Waals surface area contributed by atoms with Crippen molar-refractivity contribution in [1.82, 2.24) is 5.32 Å². The third-order valence-electron chi connectivity index (χ3n) is 3.19. The lowest BCUT2D eigenvalue weighted by Gasteiger charge is -2.24. The second-order valence-electron chi connectivity index (χ2n) is 5.23. The summed E-state index contributed by atoms with van der Waals surface area (Å²) in [6.07, 6.45) is 4.92. The lowest BCUT2D eigenvalue weighted by molar-refractivity contribution is -0.0498. The highest BCUT2D eigenvalue weighted by Gasteiger charge is 2.16. The minimum atomic E-state index is -2.80. The van der Waals surface area contributed by atoms with Crippen molar-refractivity contribution < 1.29 is 13.5 Å². The van der Waals surface area contributed by atoms with Gasteiger partial charge in [-0.25, -0.2) is 0 Å². The molecule has 0 aliphatic rings. The number of hydrogen-bond donors (Lipinski definition) is 1. The van der Waals surface area contributed by atoms with E-state index in [9.17, 15) is 8.78 Å². The number of nitrogens with one attached hydrogen (secondary N) is 1. The van der Waals surface area contributed by atoms with Gasteiger partial charge in [0, 0.05) is 7.05 Å². The van der Waals surface area contributed by atoms with Gasteiger partial charge in [-0.05, 0) is 36.1 Å². The molecule has 0 fully saturated rings. The Morgan fingerprint density at radius 2 is 1.91 bits per heavy atom. The fourth-order valence-electron chi connectivity index (χ4n) is 2.07. The average molecular weight is 310 g/mol. The first-order valence-corrected chi connectivity index (χ1v) is 7.42. The maximum absolute atomic E-state index is 12.2. The monoisotopic (exact) mass is 310 g/mol. The third kappa shape index (κ3) is 5.84. The van der Waals surface area contributed by atoms with Crippen molar-refractivity contribution >= 4 is 5.84 Å². The van der Waals surface area contributed by atoms with E-state index in [-0.39, 0.29) is 11.8 Å².